The molecule has 6 nitrogen and oxygen atoms in total. The van der Waals surface area contributed by atoms with E-state index in [1.165, 1.54) is 0 Å². The van der Waals surface area contributed by atoms with Crippen LogP contribution in [0.4, 0.5) is 0 Å². The van der Waals surface area contributed by atoms with Crippen LogP contribution in [0.2, 0.25) is 0 Å². The van der Waals surface area contributed by atoms with Crippen LogP contribution >= 0.6 is 0 Å². The van der Waals surface area contributed by atoms with Crippen molar-refractivity contribution in [1.29, 1.82) is 0 Å². The first kappa shape index (κ1) is 14.5. The summed E-state index contributed by atoms with van der Waals surface area (Å²) in [5, 5.41) is 16.2. The third kappa shape index (κ3) is 2.82. The molecule has 1 aromatic heterocycles. The molecule has 1 heterocycles. The summed E-state index contributed by atoms with van der Waals surface area (Å²) in [6.45, 7) is 3.17. The second-order valence-corrected chi connectivity index (χ2v) is 6.99. The van der Waals surface area contributed by atoms with Crippen LogP contribution in [0.1, 0.15) is 43.5 Å². The average molecular weight is 287 g/mol. The summed E-state index contributed by atoms with van der Waals surface area (Å²) in [5.41, 5.74) is 0.260. The van der Waals surface area contributed by atoms with Crippen molar-refractivity contribution in [1.82, 2.24) is 14.9 Å². The summed E-state index contributed by atoms with van der Waals surface area (Å²) in [6.07, 6.45) is 4.32. The average Bonchev–Trinajstić information content (AvgIpc) is 2.70. The molecule has 0 aliphatic heterocycles. The highest BCUT2D eigenvalue weighted by molar-refractivity contribution is 7.89. The highest BCUT2D eigenvalue weighted by Crippen LogP contribution is 2.30. The normalized spacial score (nSPS) is 19.5. The first-order valence-electron chi connectivity index (χ1n) is 6.57. The van der Waals surface area contributed by atoms with Crippen molar-refractivity contribution < 1.29 is 13.5 Å². The maximum atomic E-state index is 12.5. The number of aliphatic hydroxyl groups excluding tert-OH is 1. The van der Waals surface area contributed by atoms with Crippen molar-refractivity contribution in [2.24, 2.45) is 0 Å². The molecule has 1 fully saturated rings. The molecule has 1 saturated carbocycles. The topological polar surface area (TPSA) is 95.1 Å². The number of nitrogens with one attached hydrogen (secondary N) is 2. The van der Waals surface area contributed by atoms with Gasteiger partial charge in [-0.05, 0) is 26.7 Å². The molecule has 0 aromatic carbocycles. The van der Waals surface area contributed by atoms with Gasteiger partial charge >= 0.3 is 0 Å². The molecule has 0 saturated heterocycles. The van der Waals surface area contributed by atoms with Crippen molar-refractivity contribution in [2.75, 3.05) is 6.61 Å². The number of nitrogens with zero attached hydrogens (tertiary/aromatic N) is 1. The monoisotopic (exact) mass is 287 g/mol. The molecule has 3 N–H and O–H groups in total. The number of rotatable bonds is 4. The summed E-state index contributed by atoms with van der Waals surface area (Å²) < 4.78 is 27.7. The Labute approximate surface area is 113 Å². The number of aromatic nitrogens is 2. The van der Waals surface area contributed by atoms with Gasteiger partial charge in [0.05, 0.1) is 23.5 Å². The Hall–Kier alpha value is -0.920. The van der Waals surface area contributed by atoms with Gasteiger partial charge in [0.2, 0.25) is 10.0 Å². The minimum atomic E-state index is -3.65. The second-order valence-electron chi connectivity index (χ2n) is 5.37. The Kier molecular flexibility index (Phi) is 3.98. The van der Waals surface area contributed by atoms with Crippen molar-refractivity contribution in [3.8, 4) is 0 Å². The number of aliphatic hydroxyl groups is 1. The number of hydrogen-bond acceptors (Lipinski definition) is 4. The van der Waals surface area contributed by atoms with Crippen LogP contribution in [0.3, 0.4) is 0 Å². The molecule has 0 radical (unpaired) electrons. The van der Waals surface area contributed by atoms with Gasteiger partial charge in [-0.3, -0.25) is 5.10 Å². The molecule has 7 heteroatoms. The molecule has 1 aliphatic carbocycles. The molecule has 0 atom stereocenters. The lowest BCUT2D eigenvalue weighted by atomic mass is 9.83. The van der Waals surface area contributed by atoms with Gasteiger partial charge in [0, 0.05) is 0 Å². The largest absolute Gasteiger partial charge is 0.394 e. The molecule has 0 spiro atoms. The Morgan fingerprint density at radius 3 is 2.42 bits per heavy atom. The van der Waals surface area contributed by atoms with Gasteiger partial charge in [-0.25, -0.2) is 13.1 Å². The van der Waals surface area contributed by atoms with Crippen LogP contribution in [0.25, 0.3) is 0 Å². The molecule has 108 valence electrons. The van der Waals surface area contributed by atoms with Gasteiger partial charge in [-0.15, -0.1) is 0 Å². The van der Waals surface area contributed by atoms with Gasteiger partial charge < -0.3 is 5.11 Å². The van der Waals surface area contributed by atoms with E-state index >= 15 is 0 Å². The Morgan fingerprint density at radius 2 is 1.95 bits per heavy atom. The molecular weight excluding hydrogens is 266 g/mol. The first-order valence-corrected chi connectivity index (χ1v) is 8.05. The number of aromatic amines is 1. The van der Waals surface area contributed by atoms with Crippen LogP contribution in [-0.2, 0) is 10.0 Å². The lowest BCUT2D eigenvalue weighted by molar-refractivity contribution is 0.142. The summed E-state index contributed by atoms with van der Waals surface area (Å²) in [5.74, 6) is 0. The van der Waals surface area contributed by atoms with Crippen LogP contribution < -0.4 is 4.72 Å². The predicted octanol–water partition coefficient (Wildman–Crippen LogP) is 1.00. The van der Waals surface area contributed by atoms with Crippen molar-refractivity contribution in [3.63, 3.8) is 0 Å². The molecular formula is C12H21N3O3S. The molecule has 1 aromatic rings. The molecule has 19 heavy (non-hydrogen) atoms. The van der Waals surface area contributed by atoms with E-state index in [1.54, 1.807) is 13.8 Å². The fourth-order valence-electron chi connectivity index (χ4n) is 2.79. The number of aryl methyl sites for hydroxylation is 2. The van der Waals surface area contributed by atoms with Crippen LogP contribution in [0.15, 0.2) is 4.90 Å². The fraction of sp³-hybridized carbons (Fsp3) is 0.750. The van der Waals surface area contributed by atoms with E-state index < -0.39 is 15.6 Å². The maximum Gasteiger partial charge on any atom is 0.244 e. The van der Waals surface area contributed by atoms with Gasteiger partial charge in [-0.1, -0.05) is 19.3 Å². The first-order chi connectivity index (χ1) is 8.90. The van der Waals surface area contributed by atoms with E-state index in [2.05, 4.69) is 14.9 Å². The van der Waals surface area contributed by atoms with Gasteiger partial charge in [0.1, 0.15) is 4.90 Å². The predicted molar refractivity (Wildman–Crippen MR) is 71.3 cm³/mol. The molecule has 0 unspecified atom stereocenters. The Bertz CT molecular complexity index is 525. The highest BCUT2D eigenvalue weighted by atomic mass is 32.2. The van der Waals surface area contributed by atoms with Gasteiger partial charge in [0.25, 0.3) is 0 Å². The Morgan fingerprint density at radius 1 is 1.32 bits per heavy atom. The third-order valence-electron chi connectivity index (χ3n) is 3.79. The minimum absolute atomic E-state index is 0.165. The second kappa shape index (κ2) is 5.22. The smallest absolute Gasteiger partial charge is 0.244 e. The zero-order valence-electron chi connectivity index (χ0n) is 11.4. The SMILES string of the molecule is Cc1n[nH]c(C)c1S(=O)(=O)NC1(CO)CCCCC1. The van der Waals surface area contributed by atoms with E-state index in [9.17, 15) is 13.5 Å². The Balaban J connectivity index is 2.30. The zero-order valence-corrected chi connectivity index (χ0v) is 12.2. The molecule has 1 aliphatic rings. The van der Waals surface area contributed by atoms with E-state index in [0.29, 0.717) is 24.2 Å². The van der Waals surface area contributed by atoms with Gasteiger partial charge in [-0.2, -0.15) is 5.10 Å². The number of sulfonamides is 1. The minimum Gasteiger partial charge on any atom is -0.394 e. The number of hydrogen-bond donors (Lipinski definition) is 3. The molecule has 2 rings (SSSR count). The zero-order chi connectivity index (χ0) is 14.1. The maximum absolute atomic E-state index is 12.5. The van der Waals surface area contributed by atoms with Crippen LogP contribution in [0, 0.1) is 13.8 Å². The quantitative estimate of drug-likeness (QED) is 0.770. The summed E-state index contributed by atoms with van der Waals surface area (Å²) >= 11 is 0. The molecule has 0 amide bonds. The van der Waals surface area contributed by atoms with Gasteiger partial charge in [0.15, 0.2) is 0 Å². The standard InChI is InChI=1S/C12H21N3O3S/c1-9-11(10(2)14-13-9)19(17,18)15-12(8-16)6-4-3-5-7-12/h15-16H,3-8H2,1-2H3,(H,13,14). The lowest BCUT2D eigenvalue weighted by Gasteiger charge is -2.36. The third-order valence-corrected chi connectivity index (χ3v) is 5.63. The summed E-state index contributed by atoms with van der Waals surface area (Å²) in [4.78, 5) is 0.200. The highest BCUT2D eigenvalue weighted by Gasteiger charge is 2.37. The summed E-state index contributed by atoms with van der Waals surface area (Å²) in [7, 11) is -3.65. The van der Waals surface area contributed by atoms with Crippen LogP contribution in [0.5, 0.6) is 0 Å². The van der Waals surface area contributed by atoms with Crippen LogP contribution in [-0.4, -0.2) is 35.9 Å². The van der Waals surface area contributed by atoms with Crippen molar-refractivity contribution in [2.45, 2.75) is 56.4 Å². The fourth-order valence-corrected chi connectivity index (χ4v) is 4.62. The lowest BCUT2D eigenvalue weighted by Crippen LogP contribution is -2.52. The summed E-state index contributed by atoms with van der Waals surface area (Å²) in [6, 6.07) is 0. The van der Waals surface area contributed by atoms with E-state index in [0.717, 1.165) is 19.3 Å². The van der Waals surface area contributed by atoms with E-state index in [4.69, 9.17) is 0 Å². The van der Waals surface area contributed by atoms with E-state index in [1.807, 2.05) is 0 Å². The molecule has 0 bridgehead atoms. The van der Waals surface area contributed by atoms with Crippen molar-refractivity contribution >= 4 is 10.0 Å². The number of H-pyrrole nitrogens is 1. The van der Waals surface area contributed by atoms with E-state index in [-0.39, 0.29) is 11.5 Å². The van der Waals surface area contributed by atoms with Crippen molar-refractivity contribution in [3.05, 3.63) is 11.4 Å².